The van der Waals surface area contributed by atoms with Gasteiger partial charge in [0, 0.05) is 17.8 Å². The fourth-order valence-corrected chi connectivity index (χ4v) is 2.78. The minimum absolute atomic E-state index is 0.227. The second-order valence-electron chi connectivity index (χ2n) is 5.90. The van der Waals surface area contributed by atoms with Crippen molar-refractivity contribution in [2.45, 2.75) is 13.0 Å². The van der Waals surface area contributed by atoms with Crippen LogP contribution < -0.4 is 23.4 Å². The van der Waals surface area contributed by atoms with E-state index in [-0.39, 0.29) is 11.4 Å². The van der Waals surface area contributed by atoms with Crippen LogP contribution in [0.1, 0.15) is 6.92 Å². The summed E-state index contributed by atoms with van der Waals surface area (Å²) in [5.41, 5.74) is 0.518. The highest BCUT2D eigenvalue weighted by atomic mass is 35.5. The van der Waals surface area contributed by atoms with E-state index in [9.17, 15) is 9.59 Å². The average molecular weight is 436 g/mol. The number of nitrogens with zero attached hydrogens (tertiary/aromatic N) is 3. The van der Waals surface area contributed by atoms with E-state index < -0.39 is 17.7 Å². The number of methoxy groups -OCH3 is 4. The van der Waals surface area contributed by atoms with Crippen LogP contribution in [-0.4, -0.2) is 46.2 Å². The van der Waals surface area contributed by atoms with Crippen molar-refractivity contribution in [1.82, 2.24) is 0 Å². The number of carbonyl (C=O) groups excluding carboxylic acids is 2. The van der Waals surface area contributed by atoms with Gasteiger partial charge in [-0.3, -0.25) is 9.59 Å². The van der Waals surface area contributed by atoms with E-state index in [4.69, 9.17) is 30.7 Å². The van der Waals surface area contributed by atoms with Crippen molar-refractivity contribution in [2.75, 3.05) is 32.9 Å². The zero-order chi connectivity index (χ0) is 22.3. The first-order valence-electron chi connectivity index (χ1n) is 8.72. The molecular weight excluding hydrogens is 414 g/mol. The zero-order valence-electron chi connectivity index (χ0n) is 17.2. The minimum atomic E-state index is -1.47. The minimum Gasteiger partial charge on any atom is -0.497 e. The van der Waals surface area contributed by atoms with Crippen LogP contribution in [0.2, 0.25) is 0 Å². The molecule has 30 heavy (non-hydrogen) atoms. The summed E-state index contributed by atoms with van der Waals surface area (Å²) in [5, 5.41) is 7.93. The summed E-state index contributed by atoms with van der Waals surface area (Å²) in [6, 6.07) is 8.19. The van der Waals surface area contributed by atoms with Crippen molar-refractivity contribution in [3.63, 3.8) is 0 Å². The lowest BCUT2D eigenvalue weighted by atomic mass is 10.2. The first-order chi connectivity index (χ1) is 14.4. The standard InChI is InChI=1S/C20H22ClN3O6/c1-12(25)18(23-22-14-7-6-8-16(28-3)19(14)30-5)20(26)24(21)15-10-9-13(27-2)11-17(15)29-4/h6-11,18H,1-5H3. The summed E-state index contributed by atoms with van der Waals surface area (Å²) < 4.78 is 21.6. The molecule has 1 unspecified atom stereocenters. The molecule has 0 aliphatic rings. The monoisotopic (exact) mass is 435 g/mol. The zero-order valence-corrected chi connectivity index (χ0v) is 18.0. The Kier molecular flexibility index (Phi) is 7.99. The molecule has 9 nitrogen and oxygen atoms in total. The molecule has 2 aromatic rings. The van der Waals surface area contributed by atoms with Gasteiger partial charge in [-0.2, -0.15) is 10.2 Å². The Morgan fingerprint density at radius 3 is 2.23 bits per heavy atom. The maximum absolute atomic E-state index is 12.9. The van der Waals surface area contributed by atoms with E-state index >= 15 is 0 Å². The number of rotatable bonds is 9. The third kappa shape index (κ3) is 4.98. The molecule has 1 atom stereocenters. The summed E-state index contributed by atoms with van der Waals surface area (Å²) in [5.74, 6) is 0.217. The fourth-order valence-electron chi connectivity index (χ4n) is 2.55. The van der Waals surface area contributed by atoms with Crippen LogP contribution in [0.3, 0.4) is 0 Å². The van der Waals surface area contributed by atoms with Crippen LogP contribution in [-0.2, 0) is 9.59 Å². The number of amides is 1. The number of benzene rings is 2. The molecular formula is C20H22ClN3O6. The highest BCUT2D eigenvalue weighted by molar-refractivity contribution is 6.39. The number of azo groups is 1. The number of ether oxygens (including phenoxy) is 4. The van der Waals surface area contributed by atoms with Crippen molar-refractivity contribution < 1.29 is 28.5 Å². The molecule has 0 saturated carbocycles. The molecule has 0 bridgehead atoms. The van der Waals surface area contributed by atoms with Crippen LogP contribution in [0.4, 0.5) is 11.4 Å². The lowest BCUT2D eigenvalue weighted by molar-refractivity contribution is -0.126. The highest BCUT2D eigenvalue weighted by Crippen LogP contribution is 2.37. The van der Waals surface area contributed by atoms with Crippen molar-refractivity contribution in [1.29, 1.82) is 0 Å². The first-order valence-corrected chi connectivity index (χ1v) is 9.05. The van der Waals surface area contributed by atoms with Crippen LogP contribution in [0, 0.1) is 0 Å². The highest BCUT2D eigenvalue weighted by Gasteiger charge is 2.30. The van der Waals surface area contributed by atoms with Gasteiger partial charge in [0.25, 0.3) is 5.91 Å². The molecule has 0 radical (unpaired) electrons. The van der Waals surface area contributed by atoms with Crippen molar-refractivity contribution >= 4 is 34.8 Å². The van der Waals surface area contributed by atoms with E-state index in [0.717, 1.165) is 4.42 Å². The van der Waals surface area contributed by atoms with E-state index in [0.29, 0.717) is 22.9 Å². The van der Waals surface area contributed by atoms with E-state index in [1.807, 2.05) is 0 Å². The van der Waals surface area contributed by atoms with Gasteiger partial charge in [-0.25, -0.2) is 4.42 Å². The molecule has 0 aliphatic heterocycles. The van der Waals surface area contributed by atoms with Crippen LogP contribution in [0.5, 0.6) is 23.0 Å². The molecule has 2 aromatic carbocycles. The van der Waals surface area contributed by atoms with Crippen LogP contribution in [0.15, 0.2) is 46.6 Å². The lowest BCUT2D eigenvalue weighted by Crippen LogP contribution is -2.36. The average Bonchev–Trinajstić information content (AvgIpc) is 2.77. The van der Waals surface area contributed by atoms with E-state index in [1.54, 1.807) is 30.3 Å². The van der Waals surface area contributed by atoms with Crippen molar-refractivity contribution in [2.24, 2.45) is 10.2 Å². The molecule has 0 saturated heterocycles. The number of ketones is 1. The number of Topliss-reactive ketones (excluding diaryl/α,β-unsaturated/α-hetero) is 1. The Bertz CT molecular complexity index is 950. The van der Waals surface area contributed by atoms with Gasteiger partial charge in [0.05, 0.1) is 28.4 Å². The fraction of sp³-hybridized carbons (Fsp3) is 0.300. The molecule has 0 fully saturated rings. The van der Waals surface area contributed by atoms with Crippen molar-refractivity contribution in [3.05, 3.63) is 36.4 Å². The SMILES string of the molecule is COc1ccc(N(Cl)C(=O)C(N=Nc2cccc(OC)c2OC)C(C)=O)c(OC)c1. The largest absolute Gasteiger partial charge is 0.497 e. The van der Waals surface area contributed by atoms with E-state index in [2.05, 4.69) is 10.2 Å². The lowest BCUT2D eigenvalue weighted by Gasteiger charge is -2.19. The van der Waals surface area contributed by atoms with Gasteiger partial charge >= 0.3 is 0 Å². The Morgan fingerprint density at radius 1 is 0.967 bits per heavy atom. The first kappa shape index (κ1) is 23.0. The molecule has 0 aliphatic carbocycles. The number of hydrogen-bond donors (Lipinski definition) is 0. The van der Waals surface area contributed by atoms with Gasteiger partial charge in [-0.1, -0.05) is 6.07 Å². The normalized spacial score (nSPS) is 11.7. The molecule has 160 valence electrons. The number of para-hydroxylation sites is 1. The van der Waals surface area contributed by atoms with Gasteiger partial charge in [0.2, 0.25) is 6.04 Å². The Labute approximate surface area is 179 Å². The van der Waals surface area contributed by atoms with Crippen LogP contribution in [0.25, 0.3) is 0 Å². The second-order valence-corrected chi connectivity index (χ2v) is 6.24. The number of hydrogen-bond acceptors (Lipinski definition) is 8. The third-order valence-corrected chi connectivity index (χ3v) is 4.42. The maximum Gasteiger partial charge on any atom is 0.276 e. The third-order valence-electron chi connectivity index (χ3n) is 4.07. The summed E-state index contributed by atoms with van der Waals surface area (Å²) in [7, 11) is 5.84. The Balaban J connectivity index is 2.36. The summed E-state index contributed by atoms with van der Waals surface area (Å²) in [4.78, 5) is 25.0. The molecule has 0 aromatic heterocycles. The van der Waals surface area contributed by atoms with Gasteiger partial charge < -0.3 is 18.9 Å². The molecule has 0 N–H and O–H groups in total. The topological polar surface area (TPSA) is 99.0 Å². The Hall–Kier alpha value is -3.33. The molecule has 0 heterocycles. The van der Waals surface area contributed by atoms with Gasteiger partial charge in [-0.15, -0.1) is 0 Å². The summed E-state index contributed by atoms with van der Waals surface area (Å²) in [6.45, 7) is 1.22. The summed E-state index contributed by atoms with van der Waals surface area (Å²) in [6.07, 6.45) is 0. The molecule has 0 spiro atoms. The van der Waals surface area contributed by atoms with Gasteiger partial charge in [0.15, 0.2) is 17.3 Å². The van der Waals surface area contributed by atoms with E-state index in [1.165, 1.54) is 41.4 Å². The number of halogens is 1. The van der Waals surface area contributed by atoms with Gasteiger partial charge in [-0.05, 0) is 31.2 Å². The van der Waals surface area contributed by atoms with Crippen LogP contribution >= 0.6 is 11.8 Å². The number of carbonyl (C=O) groups is 2. The molecule has 10 heteroatoms. The van der Waals surface area contributed by atoms with Crippen molar-refractivity contribution in [3.8, 4) is 23.0 Å². The summed E-state index contributed by atoms with van der Waals surface area (Å²) >= 11 is 6.23. The molecule has 1 amide bonds. The number of anilines is 1. The smallest absolute Gasteiger partial charge is 0.276 e. The maximum atomic E-state index is 12.9. The predicted molar refractivity (Wildman–Crippen MR) is 111 cm³/mol. The quantitative estimate of drug-likeness (QED) is 0.336. The molecule has 2 rings (SSSR count). The predicted octanol–water partition coefficient (Wildman–Crippen LogP) is 3.95. The van der Waals surface area contributed by atoms with Gasteiger partial charge in [0.1, 0.15) is 22.9 Å². The Morgan fingerprint density at radius 2 is 1.67 bits per heavy atom. The second kappa shape index (κ2) is 10.4.